The predicted molar refractivity (Wildman–Crippen MR) is 151 cm³/mol. The number of allylic oxidation sites excluding steroid dienone is 7. The summed E-state index contributed by atoms with van der Waals surface area (Å²) in [5.74, 6) is 1.78. The first-order chi connectivity index (χ1) is 17.2. The monoisotopic (exact) mass is 496 g/mol. The fourth-order valence-electron chi connectivity index (χ4n) is 6.29. The smallest absolute Gasteiger partial charge is 0.0773 e. The molecule has 5 unspecified atom stereocenters. The number of thioether (sulfide) groups is 2. The van der Waals surface area contributed by atoms with Gasteiger partial charge in [0, 0.05) is 33.0 Å². The molecule has 0 fully saturated rings. The summed E-state index contributed by atoms with van der Waals surface area (Å²) >= 11 is 4.16. The molecule has 0 saturated heterocycles. The van der Waals surface area contributed by atoms with Crippen LogP contribution in [0.3, 0.4) is 0 Å². The van der Waals surface area contributed by atoms with Gasteiger partial charge in [-0.2, -0.15) is 0 Å². The highest BCUT2D eigenvalue weighted by Gasteiger charge is 2.47. The average molecular weight is 497 g/mol. The maximum absolute atomic E-state index is 3.83. The van der Waals surface area contributed by atoms with Gasteiger partial charge < -0.3 is 10.6 Å². The third kappa shape index (κ3) is 3.99. The summed E-state index contributed by atoms with van der Waals surface area (Å²) in [6.45, 7) is 2.32. The molecule has 4 heteroatoms. The Balaban J connectivity index is 1.02. The van der Waals surface area contributed by atoms with E-state index in [1.165, 1.54) is 41.1 Å². The maximum atomic E-state index is 3.83. The highest BCUT2D eigenvalue weighted by atomic mass is 32.2. The summed E-state index contributed by atoms with van der Waals surface area (Å²) in [6.07, 6.45) is 17.6. The van der Waals surface area contributed by atoms with Gasteiger partial charge in [0.05, 0.1) is 10.7 Å². The molecule has 5 atom stereocenters. The first kappa shape index (κ1) is 21.9. The maximum Gasteiger partial charge on any atom is 0.0773 e. The van der Waals surface area contributed by atoms with Crippen LogP contribution >= 0.6 is 23.5 Å². The normalized spacial score (nSPS) is 29.4. The number of benzene rings is 2. The lowest BCUT2D eigenvalue weighted by Crippen LogP contribution is -2.27. The van der Waals surface area contributed by atoms with Crippen molar-refractivity contribution in [1.82, 2.24) is 5.32 Å². The molecule has 0 radical (unpaired) electrons. The molecule has 178 valence electrons. The summed E-state index contributed by atoms with van der Waals surface area (Å²) in [5, 5.41) is 8.62. The van der Waals surface area contributed by atoms with E-state index in [0.29, 0.717) is 28.5 Å². The van der Waals surface area contributed by atoms with Gasteiger partial charge in [0.15, 0.2) is 0 Å². The molecule has 2 aliphatic heterocycles. The number of aryl methyl sites for hydroxylation is 1. The van der Waals surface area contributed by atoms with Crippen LogP contribution in [0, 0.1) is 5.92 Å². The van der Waals surface area contributed by atoms with Crippen molar-refractivity contribution in [1.29, 1.82) is 0 Å². The van der Waals surface area contributed by atoms with Crippen molar-refractivity contribution in [3.63, 3.8) is 0 Å². The van der Waals surface area contributed by atoms with Crippen LogP contribution in [0.4, 0.5) is 5.69 Å². The Morgan fingerprint density at radius 1 is 0.914 bits per heavy atom. The standard InChI is InChI=1S/C31H32N2S2/c1-19-6-5-9-21(18-19)11-17-27-33-25-15-13-23-28-22(29(23)31(25)35-27)12-14-24-30(28)34-26(32-24)16-10-20-7-3-2-4-8-20/h2-9,12-15,19,22,26-28,32-33H,10-11,16-18H2,1H3. The third-order valence-electron chi connectivity index (χ3n) is 8.06. The predicted octanol–water partition coefficient (Wildman–Crippen LogP) is 8.09. The van der Waals surface area contributed by atoms with Gasteiger partial charge in [-0.3, -0.25) is 0 Å². The van der Waals surface area contributed by atoms with Crippen molar-refractivity contribution < 1.29 is 0 Å². The van der Waals surface area contributed by atoms with Crippen molar-refractivity contribution in [2.75, 3.05) is 5.32 Å². The molecule has 2 aromatic rings. The SMILES string of the molecule is CC1C=CC=C(CCC2Nc3ccc4c(c3S2)C2C=CC3=C(SC(CCc5ccccc5)N3)C42)C1. The van der Waals surface area contributed by atoms with E-state index in [4.69, 9.17) is 0 Å². The van der Waals surface area contributed by atoms with Crippen LogP contribution in [0.25, 0.3) is 0 Å². The second-order valence-corrected chi connectivity index (χ2v) is 13.0. The Morgan fingerprint density at radius 2 is 1.77 bits per heavy atom. The Morgan fingerprint density at radius 3 is 2.66 bits per heavy atom. The zero-order valence-corrected chi connectivity index (χ0v) is 21.8. The van der Waals surface area contributed by atoms with Gasteiger partial charge in [0.2, 0.25) is 0 Å². The van der Waals surface area contributed by atoms with Gasteiger partial charge >= 0.3 is 0 Å². The number of hydrogen-bond acceptors (Lipinski definition) is 4. The molecule has 2 aromatic carbocycles. The average Bonchev–Trinajstić information content (AvgIpc) is 3.46. The summed E-state index contributed by atoms with van der Waals surface area (Å²) in [4.78, 5) is 3.09. The van der Waals surface area contributed by atoms with Crippen molar-refractivity contribution in [2.45, 2.75) is 66.5 Å². The number of hydrogen-bond donors (Lipinski definition) is 2. The number of rotatable bonds is 6. The summed E-state index contributed by atoms with van der Waals surface area (Å²) in [7, 11) is 0. The molecule has 2 N–H and O–H groups in total. The second-order valence-electron chi connectivity index (χ2n) is 10.5. The molecule has 0 bridgehead atoms. The van der Waals surface area contributed by atoms with Gasteiger partial charge in [0.25, 0.3) is 0 Å². The van der Waals surface area contributed by atoms with E-state index >= 15 is 0 Å². The fourth-order valence-corrected chi connectivity index (χ4v) is 9.03. The first-order valence-electron chi connectivity index (χ1n) is 13.1. The quantitative estimate of drug-likeness (QED) is 0.422. The Hall–Kier alpha value is -2.30. The van der Waals surface area contributed by atoms with Gasteiger partial charge in [0.1, 0.15) is 0 Å². The fraction of sp³-hybridized carbons (Fsp3) is 0.355. The molecule has 5 aliphatic rings. The third-order valence-corrected chi connectivity index (χ3v) is 10.7. The van der Waals surface area contributed by atoms with Crippen LogP contribution in [0.1, 0.15) is 61.1 Å². The number of anilines is 1. The van der Waals surface area contributed by atoms with Crippen molar-refractivity contribution >= 4 is 29.2 Å². The molecule has 3 aliphatic carbocycles. The second kappa shape index (κ2) is 8.97. The molecule has 2 heterocycles. The van der Waals surface area contributed by atoms with Crippen LogP contribution in [-0.4, -0.2) is 10.7 Å². The van der Waals surface area contributed by atoms with E-state index in [1.54, 1.807) is 21.6 Å². The van der Waals surface area contributed by atoms with E-state index in [9.17, 15) is 0 Å². The molecule has 35 heavy (non-hydrogen) atoms. The van der Waals surface area contributed by atoms with Gasteiger partial charge in [-0.15, -0.1) is 11.8 Å². The Bertz CT molecular complexity index is 1270. The largest absolute Gasteiger partial charge is 0.372 e. The number of fused-ring (bicyclic) bond motifs is 7. The summed E-state index contributed by atoms with van der Waals surface area (Å²) in [5.41, 5.74) is 8.92. The van der Waals surface area contributed by atoms with Crippen LogP contribution in [0.2, 0.25) is 0 Å². The van der Waals surface area contributed by atoms with E-state index in [0.717, 1.165) is 12.8 Å². The van der Waals surface area contributed by atoms with E-state index in [1.807, 2.05) is 0 Å². The zero-order chi connectivity index (χ0) is 23.4. The van der Waals surface area contributed by atoms with E-state index < -0.39 is 0 Å². The van der Waals surface area contributed by atoms with Crippen LogP contribution < -0.4 is 10.6 Å². The van der Waals surface area contributed by atoms with Gasteiger partial charge in [-0.05, 0) is 66.9 Å². The lowest BCUT2D eigenvalue weighted by atomic mass is 9.65. The van der Waals surface area contributed by atoms with Crippen LogP contribution in [-0.2, 0) is 6.42 Å². The van der Waals surface area contributed by atoms with Gasteiger partial charge in [-0.1, -0.05) is 85.0 Å². The Labute approximate surface area is 217 Å². The van der Waals surface area contributed by atoms with Crippen molar-refractivity contribution in [3.8, 4) is 0 Å². The molecule has 0 aromatic heterocycles. The minimum Gasteiger partial charge on any atom is -0.372 e. The molecule has 7 rings (SSSR count). The van der Waals surface area contributed by atoms with Crippen molar-refractivity contribution in [3.05, 3.63) is 106 Å². The molecular formula is C31H32N2S2. The molecule has 0 spiro atoms. The first-order valence-corrected chi connectivity index (χ1v) is 14.8. The lowest BCUT2D eigenvalue weighted by Gasteiger charge is -2.42. The highest BCUT2D eigenvalue weighted by molar-refractivity contribution is 8.04. The minimum absolute atomic E-state index is 0.481. The van der Waals surface area contributed by atoms with Gasteiger partial charge in [-0.25, -0.2) is 0 Å². The molecule has 2 nitrogen and oxygen atoms in total. The topological polar surface area (TPSA) is 24.1 Å². The molecular weight excluding hydrogens is 464 g/mol. The number of nitrogens with one attached hydrogen (secondary N) is 2. The minimum atomic E-state index is 0.481. The van der Waals surface area contributed by atoms with E-state index in [-0.39, 0.29) is 0 Å². The highest BCUT2D eigenvalue weighted by Crippen LogP contribution is 2.63. The van der Waals surface area contributed by atoms with Crippen LogP contribution in [0.5, 0.6) is 0 Å². The van der Waals surface area contributed by atoms with E-state index in [2.05, 4.69) is 114 Å². The lowest BCUT2D eigenvalue weighted by molar-refractivity contribution is 0.605. The molecule has 0 saturated carbocycles. The molecule has 0 amide bonds. The Kier molecular flexibility index (Phi) is 5.63. The van der Waals surface area contributed by atoms with Crippen LogP contribution in [0.15, 0.2) is 93.9 Å². The van der Waals surface area contributed by atoms with Crippen molar-refractivity contribution in [2.24, 2.45) is 5.92 Å². The summed E-state index contributed by atoms with van der Waals surface area (Å²) in [6, 6.07) is 15.6. The summed E-state index contributed by atoms with van der Waals surface area (Å²) < 4.78 is 0. The zero-order valence-electron chi connectivity index (χ0n) is 20.2.